The Morgan fingerprint density at radius 1 is 1.39 bits per heavy atom. The van der Waals surface area contributed by atoms with E-state index in [0.717, 1.165) is 76.4 Å². The monoisotopic (exact) mass is 389 g/mol. The van der Waals surface area contributed by atoms with Crippen LogP contribution < -0.4 is 16.4 Å². The molecule has 154 valence electrons. The van der Waals surface area contributed by atoms with Gasteiger partial charge in [-0.15, -0.1) is 0 Å². The minimum Gasteiger partial charge on any atom is -0.369 e. The highest BCUT2D eigenvalue weighted by molar-refractivity contribution is 5.79. The Morgan fingerprint density at radius 3 is 2.89 bits per heavy atom. The molecule has 2 fully saturated rings. The molecule has 1 heterocycles. The van der Waals surface area contributed by atoms with Gasteiger partial charge in [-0.25, -0.2) is 4.39 Å². The number of likely N-dealkylation sites (tertiary alicyclic amines) is 1. The van der Waals surface area contributed by atoms with Crippen molar-refractivity contribution in [1.82, 2.24) is 15.5 Å². The summed E-state index contributed by atoms with van der Waals surface area (Å²) in [6.45, 7) is 4.32. The summed E-state index contributed by atoms with van der Waals surface area (Å²) in [5.74, 6) is 0.410. The van der Waals surface area contributed by atoms with E-state index in [2.05, 4.69) is 20.5 Å². The SMILES string of the molecule is CN=C(NCCCN1CCCC(C(N)=O)C1)NCC1(c2cccc(F)c2)CC1. The number of carbonyl (C=O) groups is 1. The first-order valence-electron chi connectivity index (χ1n) is 10.2. The smallest absolute Gasteiger partial charge is 0.221 e. The number of amides is 1. The van der Waals surface area contributed by atoms with Crippen molar-refractivity contribution in [3.63, 3.8) is 0 Å². The van der Waals surface area contributed by atoms with Gasteiger partial charge < -0.3 is 21.3 Å². The highest BCUT2D eigenvalue weighted by atomic mass is 19.1. The number of aliphatic imine (C=N–C) groups is 1. The lowest BCUT2D eigenvalue weighted by Crippen LogP contribution is -2.44. The molecule has 1 aromatic carbocycles. The molecule has 1 amide bonds. The zero-order chi connectivity index (χ0) is 20.0. The van der Waals surface area contributed by atoms with Gasteiger partial charge in [0.15, 0.2) is 5.96 Å². The van der Waals surface area contributed by atoms with Crippen LogP contribution in [0.15, 0.2) is 29.3 Å². The lowest BCUT2D eigenvalue weighted by atomic mass is 9.96. The van der Waals surface area contributed by atoms with Gasteiger partial charge in [-0.05, 0) is 62.9 Å². The van der Waals surface area contributed by atoms with E-state index in [1.165, 1.54) is 6.07 Å². The number of rotatable bonds is 8. The van der Waals surface area contributed by atoms with Gasteiger partial charge in [0.05, 0.1) is 5.92 Å². The van der Waals surface area contributed by atoms with Crippen molar-refractivity contribution >= 4 is 11.9 Å². The topological polar surface area (TPSA) is 82.8 Å². The second-order valence-electron chi connectivity index (χ2n) is 8.04. The molecule has 0 spiro atoms. The second-order valence-corrected chi connectivity index (χ2v) is 8.04. The number of benzene rings is 1. The molecule has 1 aromatic rings. The van der Waals surface area contributed by atoms with E-state index in [-0.39, 0.29) is 23.1 Å². The van der Waals surface area contributed by atoms with Gasteiger partial charge in [0.25, 0.3) is 0 Å². The Balaban J connectivity index is 1.38. The number of guanidine groups is 1. The highest BCUT2D eigenvalue weighted by Crippen LogP contribution is 2.47. The number of nitrogens with zero attached hydrogens (tertiary/aromatic N) is 2. The number of hydrogen-bond acceptors (Lipinski definition) is 3. The van der Waals surface area contributed by atoms with Crippen LogP contribution in [0.1, 0.15) is 37.7 Å². The Bertz CT molecular complexity index is 704. The maximum Gasteiger partial charge on any atom is 0.221 e. The maximum atomic E-state index is 13.5. The van der Waals surface area contributed by atoms with E-state index < -0.39 is 0 Å². The Kier molecular flexibility index (Phi) is 6.88. The van der Waals surface area contributed by atoms with E-state index in [1.54, 1.807) is 19.2 Å². The number of hydrogen-bond donors (Lipinski definition) is 3. The molecule has 2 aliphatic rings. The molecule has 4 N–H and O–H groups in total. The van der Waals surface area contributed by atoms with E-state index >= 15 is 0 Å². The summed E-state index contributed by atoms with van der Waals surface area (Å²) in [4.78, 5) is 18.0. The van der Waals surface area contributed by atoms with Crippen molar-refractivity contribution in [2.75, 3.05) is 39.8 Å². The number of nitrogens with one attached hydrogen (secondary N) is 2. The first-order valence-corrected chi connectivity index (χ1v) is 10.2. The molecule has 0 radical (unpaired) electrons. The maximum absolute atomic E-state index is 13.5. The number of primary amides is 1. The molecular formula is C21H32FN5O. The van der Waals surface area contributed by atoms with Crippen LogP contribution in [0.5, 0.6) is 0 Å². The van der Waals surface area contributed by atoms with Crippen LogP contribution >= 0.6 is 0 Å². The number of nitrogens with two attached hydrogens (primary N) is 1. The zero-order valence-electron chi connectivity index (χ0n) is 16.7. The predicted octanol–water partition coefficient (Wildman–Crippen LogP) is 1.61. The van der Waals surface area contributed by atoms with Crippen molar-refractivity contribution in [2.45, 2.75) is 37.5 Å². The summed E-state index contributed by atoms with van der Waals surface area (Å²) in [5, 5.41) is 6.74. The molecule has 1 aliphatic carbocycles. The van der Waals surface area contributed by atoms with Gasteiger partial charge in [0.2, 0.25) is 5.91 Å². The fourth-order valence-electron chi connectivity index (χ4n) is 4.01. The summed E-state index contributed by atoms with van der Waals surface area (Å²) < 4.78 is 13.5. The van der Waals surface area contributed by atoms with Crippen molar-refractivity contribution in [3.05, 3.63) is 35.6 Å². The Morgan fingerprint density at radius 2 is 2.21 bits per heavy atom. The average molecular weight is 390 g/mol. The van der Waals surface area contributed by atoms with Crippen molar-refractivity contribution in [1.29, 1.82) is 0 Å². The number of carbonyl (C=O) groups excluding carboxylic acids is 1. The van der Waals surface area contributed by atoms with Crippen LogP contribution in [0.3, 0.4) is 0 Å². The quantitative estimate of drug-likeness (QED) is 0.358. The van der Waals surface area contributed by atoms with Crippen LogP contribution in [0.25, 0.3) is 0 Å². The lowest BCUT2D eigenvalue weighted by molar-refractivity contribution is -0.123. The highest BCUT2D eigenvalue weighted by Gasteiger charge is 2.44. The summed E-state index contributed by atoms with van der Waals surface area (Å²) >= 11 is 0. The third kappa shape index (κ3) is 5.44. The molecule has 1 aliphatic heterocycles. The van der Waals surface area contributed by atoms with Crippen molar-refractivity contribution < 1.29 is 9.18 Å². The normalized spacial score (nSPS) is 21.9. The molecule has 1 saturated heterocycles. The van der Waals surface area contributed by atoms with Crippen LogP contribution in [-0.2, 0) is 10.2 Å². The van der Waals surface area contributed by atoms with E-state index in [9.17, 15) is 9.18 Å². The third-order valence-electron chi connectivity index (χ3n) is 5.96. The largest absolute Gasteiger partial charge is 0.369 e. The summed E-state index contributed by atoms with van der Waals surface area (Å²) in [6, 6.07) is 6.91. The number of piperidine rings is 1. The van der Waals surface area contributed by atoms with Gasteiger partial charge in [0, 0.05) is 32.1 Å². The standard InChI is InChI=1S/C21H32FN5O/c1-24-20(25-10-4-12-27-11-3-5-16(14-27)19(23)28)26-15-21(8-9-21)17-6-2-7-18(22)13-17/h2,6-7,13,16H,3-5,8-12,14-15H2,1H3,(H2,23,28)(H2,24,25,26). The molecule has 6 nitrogen and oxygen atoms in total. The molecule has 0 bridgehead atoms. The molecule has 1 unspecified atom stereocenters. The molecule has 1 saturated carbocycles. The summed E-state index contributed by atoms with van der Waals surface area (Å²) in [7, 11) is 1.76. The van der Waals surface area contributed by atoms with Gasteiger partial charge in [-0.3, -0.25) is 9.79 Å². The zero-order valence-corrected chi connectivity index (χ0v) is 16.7. The van der Waals surface area contributed by atoms with E-state index in [1.807, 2.05) is 6.07 Å². The third-order valence-corrected chi connectivity index (χ3v) is 5.96. The van der Waals surface area contributed by atoms with Gasteiger partial charge in [-0.1, -0.05) is 12.1 Å². The number of halogens is 1. The second kappa shape index (κ2) is 9.37. The Labute approximate surface area is 166 Å². The van der Waals surface area contributed by atoms with E-state index in [0.29, 0.717) is 0 Å². The summed E-state index contributed by atoms with van der Waals surface area (Å²) in [5.41, 5.74) is 6.53. The van der Waals surface area contributed by atoms with Gasteiger partial charge in [-0.2, -0.15) is 0 Å². The van der Waals surface area contributed by atoms with Crippen LogP contribution in [0, 0.1) is 11.7 Å². The average Bonchev–Trinajstić information content (AvgIpc) is 3.49. The molecule has 1 atom stereocenters. The summed E-state index contributed by atoms with van der Waals surface area (Å²) in [6.07, 6.45) is 5.05. The molecule has 7 heteroatoms. The van der Waals surface area contributed by atoms with Crippen LogP contribution in [0.4, 0.5) is 4.39 Å². The first-order chi connectivity index (χ1) is 13.5. The lowest BCUT2D eigenvalue weighted by Gasteiger charge is -2.31. The van der Waals surface area contributed by atoms with Gasteiger partial charge in [0.1, 0.15) is 5.82 Å². The van der Waals surface area contributed by atoms with E-state index in [4.69, 9.17) is 5.73 Å². The van der Waals surface area contributed by atoms with Gasteiger partial charge >= 0.3 is 0 Å². The molecule has 28 heavy (non-hydrogen) atoms. The molecular weight excluding hydrogens is 357 g/mol. The minimum absolute atomic E-state index is 0.00584. The minimum atomic E-state index is -0.181. The predicted molar refractivity (Wildman–Crippen MR) is 110 cm³/mol. The van der Waals surface area contributed by atoms with Crippen LogP contribution in [-0.4, -0.2) is 56.5 Å². The van der Waals surface area contributed by atoms with Crippen LogP contribution in [0.2, 0.25) is 0 Å². The Hall–Kier alpha value is -2.15. The fourth-order valence-corrected chi connectivity index (χ4v) is 4.01. The molecule has 3 rings (SSSR count). The first kappa shape index (κ1) is 20.6. The fraction of sp³-hybridized carbons (Fsp3) is 0.619. The molecule has 0 aromatic heterocycles. The van der Waals surface area contributed by atoms with Crippen molar-refractivity contribution in [2.24, 2.45) is 16.6 Å². The van der Waals surface area contributed by atoms with Crippen molar-refractivity contribution in [3.8, 4) is 0 Å².